The van der Waals surface area contributed by atoms with Crippen molar-refractivity contribution in [1.82, 2.24) is 0 Å². The summed E-state index contributed by atoms with van der Waals surface area (Å²) in [6.07, 6.45) is 0.461. The highest BCUT2D eigenvalue weighted by Crippen LogP contribution is 2.10. The fraction of sp³-hybridized carbons (Fsp3) is 0.200. The molecule has 0 saturated carbocycles. The molecule has 3 heteroatoms. The Balaban J connectivity index is 2.64. The number of hydrogen-bond donors (Lipinski definition) is 2. The van der Waals surface area contributed by atoms with Gasteiger partial charge in [-0.25, -0.2) is 0 Å². The van der Waals surface area contributed by atoms with Crippen LogP contribution in [0.25, 0.3) is 0 Å². The molecule has 13 heavy (non-hydrogen) atoms. The number of phenolic OH excluding ortho intramolecular Hbond substituents is 1. The Labute approximate surface area is 77.2 Å². The van der Waals surface area contributed by atoms with Crippen LogP contribution < -0.4 is 5.73 Å². The number of benzene rings is 1. The molecule has 0 aromatic heterocycles. The Morgan fingerprint density at radius 1 is 1.46 bits per heavy atom. The zero-order valence-electron chi connectivity index (χ0n) is 7.23. The van der Waals surface area contributed by atoms with Crippen molar-refractivity contribution in [2.24, 2.45) is 5.73 Å². The third-order valence-electron chi connectivity index (χ3n) is 1.81. The topological polar surface area (TPSA) is 63.3 Å². The first-order valence-electron chi connectivity index (χ1n) is 3.99. The maximum Gasteiger partial charge on any atom is 0.150 e. The van der Waals surface area contributed by atoms with Gasteiger partial charge in [0.25, 0.3) is 0 Å². The van der Waals surface area contributed by atoms with E-state index < -0.39 is 6.04 Å². The summed E-state index contributed by atoms with van der Waals surface area (Å²) in [5.74, 6) is -0.0636. The minimum Gasteiger partial charge on any atom is -0.508 e. The molecule has 0 unspecified atom stereocenters. The second kappa shape index (κ2) is 4.05. The van der Waals surface area contributed by atoms with Crippen molar-refractivity contribution in [3.63, 3.8) is 0 Å². The van der Waals surface area contributed by atoms with Crippen molar-refractivity contribution < 1.29 is 9.90 Å². The van der Waals surface area contributed by atoms with Crippen LogP contribution in [-0.4, -0.2) is 16.9 Å². The lowest BCUT2D eigenvalue weighted by molar-refractivity contribution is -0.116. The number of nitrogens with two attached hydrogens (primary N) is 1. The van der Waals surface area contributed by atoms with Gasteiger partial charge in [0, 0.05) is 6.92 Å². The maximum absolute atomic E-state index is 10.7. The highest BCUT2D eigenvalue weighted by atomic mass is 16.3. The van der Waals surface area contributed by atoms with Crippen LogP contribution in [0.2, 0.25) is 0 Å². The molecule has 0 amide bonds. The Hall–Kier alpha value is -1.35. The van der Waals surface area contributed by atoms with Crippen LogP contribution in [0.4, 0.5) is 0 Å². The smallest absolute Gasteiger partial charge is 0.150 e. The van der Waals surface area contributed by atoms with Crippen LogP contribution in [0.3, 0.4) is 0 Å². The SMILES string of the molecule is [CH2]C(=O)[C@H](N)Cc1ccc(O)cc1. The van der Waals surface area contributed by atoms with E-state index in [0.29, 0.717) is 6.42 Å². The van der Waals surface area contributed by atoms with E-state index in [1.807, 2.05) is 0 Å². The van der Waals surface area contributed by atoms with Gasteiger partial charge in [0.15, 0.2) is 0 Å². The van der Waals surface area contributed by atoms with Crippen molar-refractivity contribution in [1.29, 1.82) is 0 Å². The molecule has 3 N–H and O–H groups in total. The van der Waals surface area contributed by atoms with Crippen LogP contribution in [0.1, 0.15) is 5.56 Å². The lowest BCUT2D eigenvalue weighted by atomic mass is 10.0. The molecule has 1 rings (SSSR count). The van der Waals surface area contributed by atoms with Crippen LogP contribution >= 0.6 is 0 Å². The minimum absolute atomic E-state index is 0.207. The summed E-state index contributed by atoms with van der Waals surface area (Å²) >= 11 is 0. The summed E-state index contributed by atoms with van der Waals surface area (Å²) < 4.78 is 0. The molecule has 0 aliphatic rings. The van der Waals surface area contributed by atoms with Crippen molar-refractivity contribution in [2.75, 3.05) is 0 Å². The van der Waals surface area contributed by atoms with E-state index >= 15 is 0 Å². The number of phenols is 1. The molecule has 0 aliphatic carbocycles. The van der Waals surface area contributed by atoms with Crippen molar-refractivity contribution in [2.45, 2.75) is 12.5 Å². The van der Waals surface area contributed by atoms with E-state index in [2.05, 4.69) is 6.92 Å². The van der Waals surface area contributed by atoms with Crippen molar-refractivity contribution >= 4 is 5.78 Å². The zero-order chi connectivity index (χ0) is 9.84. The largest absolute Gasteiger partial charge is 0.508 e. The standard InChI is InChI=1S/C10H12NO2/c1-7(12)10(11)6-8-2-4-9(13)5-3-8/h2-5,10,13H,1,6,11H2/t10-/m1/s1. The van der Waals surface area contributed by atoms with E-state index in [9.17, 15) is 4.79 Å². The summed E-state index contributed by atoms with van der Waals surface area (Å²) in [6.45, 7) is 3.24. The molecular formula is C10H12NO2. The molecule has 0 heterocycles. The molecule has 1 aromatic carbocycles. The molecule has 0 saturated heterocycles. The van der Waals surface area contributed by atoms with Gasteiger partial charge in [0.1, 0.15) is 11.5 Å². The van der Waals surface area contributed by atoms with Crippen LogP contribution in [0.15, 0.2) is 24.3 Å². The number of rotatable bonds is 3. The van der Waals surface area contributed by atoms with Gasteiger partial charge >= 0.3 is 0 Å². The van der Waals surface area contributed by atoms with Gasteiger partial charge in [0.2, 0.25) is 0 Å². The molecule has 1 aromatic rings. The van der Waals surface area contributed by atoms with E-state index in [1.54, 1.807) is 24.3 Å². The van der Waals surface area contributed by atoms with Gasteiger partial charge in [-0.15, -0.1) is 0 Å². The Kier molecular flexibility index (Phi) is 3.03. The van der Waals surface area contributed by atoms with Crippen molar-refractivity contribution in [3.05, 3.63) is 36.8 Å². The second-order valence-electron chi connectivity index (χ2n) is 2.94. The molecule has 1 radical (unpaired) electrons. The average molecular weight is 178 g/mol. The van der Waals surface area contributed by atoms with Gasteiger partial charge in [-0.1, -0.05) is 12.1 Å². The summed E-state index contributed by atoms with van der Waals surface area (Å²) in [6, 6.07) is 6.05. The number of ketones is 1. The molecular weight excluding hydrogens is 166 g/mol. The first-order valence-corrected chi connectivity index (χ1v) is 3.99. The summed E-state index contributed by atoms with van der Waals surface area (Å²) in [5, 5.41) is 8.99. The quantitative estimate of drug-likeness (QED) is 0.714. The van der Waals surface area contributed by atoms with Crippen LogP contribution in [-0.2, 0) is 11.2 Å². The molecule has 3 nitrogen and oxygen atoms in total. The molecule has 1 atom stereocenters. The average Bonchev–Trinajstić information content (AvgIpc) is 2.08. The van der Waals surface area contributed by atoms with E-state index in [0.717, 1.165) is 5.56 Å². The highest BCUT2D eigenvalue weighted by Gasteiger charge is 2.08. The van der Waals surface area contributed by atoms with E-state index in [-0.39, 0.29) is 11.5 Å². The third-order valence-corrected chi connectivity index (χ3v) is 1.81. The molecule has 69 valence electrons. The second-order valence-corrected chi connectivity index (χ2v) is 2.94. The van der Waals surface area contributed by atoms with E-state index in [1.165, 1.54) is 0 Å². The number of carbonyl (C=O) groups excluding carboxylic acids is 1. The molecule has 0 fully saturated rings. The van der Waals surface area contributed by atoms with Crippen molar-refractivity contribution in [3.8, 4) is 5.75 Å². The van der Waals surface area contributed by atoms with Gasteiger partial charge in [0.05, 0.1) is 6.04 Å². The first kappa shape index (κ1) is 9.74. The minimum atomic E-state index is -0.551. The fourth-order valence-corrected chi connectivity index (χ4v) is 1.000. The van der Waals surface area contributed by atoms with E-state index in [4.69, 9.17) is 10.8 Å². The summed E-state index contributed by atoms with van der Waals surface area (Å²) in [7, 11) is 0. The van der Waals surface area contributed by atoms with Crippen LogP contribution in [0.5, 0.6) is 5.75 Å². The predicted molar refractivity (Wildman–Crippen MR) is 50.2 cm³/mol. The van der Waals surface area contributed by atoms with Gasteiger partial charge < -0.3 is 10.8 Å². The summed E-state index contributed by atoms with van der Waals surface area (Å²) in [5.41, 5.74) is 6.43. The maximum atomic E-state index is 10.7. The number of carbonyl (C=O) groups is 1. The monoisotopic (exact) mass is 178 g/mol. The molecule has 0 spiro atoms. The number of hydrogen-bond acceptors (Lipinski definition) is 3. The fourth-order valence-electron chi connectivity index (χ4n) is 1.000. The van der Waals surface area contributed by atoms with Gasteiger partial charge in [-0.3, -0.25) is 4.79 Å². The predicted octanol–water partition coefficient (Wildman–Crippen LogP) is 0.665. The normalized spacial score (nSPS) is 12.5. The first-order chi connectivity index (χ1) is 6.09. The van der Waals surface area contributed by atoms with Gasteiger partial charge in [-0.2, -0.15) is 0 Å². The molecule has 0 bridgehead atoms. The zero-order valence-corrected chi connectivity index (χ0v) is 7.23. The lowest BCUT2D eigenvalue weighted by Crippen LogP contribution is -2.30. The number of Topliss-reactive ketones (excluding diaryl/α,β-unsaturated/α-hetero) is 1. The Bertz CT molecular complexity index is 292. The molecule has 0 aliphatic heterocycles. The van der Waals surface area contributed by atoms with Crippen LogP contribution in [0, 0.1) is 6.92 Å². The van der Waals surface area contributed by atoms with Gasteiger partial charge in [-0.05, 0) is 24.1 Å². The number of aromatic hydroxyl groups is 1. The lowest BCUT2D eigenvalue weighted by Gasteiger charge is -2.06. The Morgan fingerprint density at radius 3 is 2.46 bits per heavy atom. The Morgan fingerprint density at radius 2 is 2.00 bits per heavy atom. The third kappa shape index (κ3) is 2.87. The highest BCUT2D eigenvalue weighted by molar-refractivity contribution is 5.87. The summed E-state index contributed by atoms with van der Waals surface area (Å²) in [4.78, 5) is 10.7.